The Morgan fingerprint density at radius 1 is 1.19 bits per heavy atom. The number of nitrogens with zero attached hydrogens (tertiary/aromatic N) is 1. The Hall–Kier alpha value is -1.41. The van der Waals surface area contributed by atoms with Crippen LogP contribution < -0.4 is 11.1 Å². The smallest absolute Gasteiger partial charge is 0.250 e. The second kappa shape index (κ2) is 7.58. The summed E-state index contributed by atoms with van der Waals surface area (Å²) in [6.07, 6.45) is 2.08. The number of fused-ring (bicyclic) bond motifs is 2. The monoisotopic (exact) mass is 483 g/mol. The van der Waals surface area contributed by atoms with Crippen LogP contribution in [0.2, 0.25) is 15.1 Å². The Bertz CT molecular complexity index is 1080. The van der Waals surface area contributed by atoms with Gasteiger partial charge in [-0.2, -0.15) is 0 Å². The van der Waals surface area contributed by atoms with Crippen molar-refractivity contribution >= 4 is 46.4 Å². The summed E-state index contributed by atoms with van der Waals surface area (Å²) in [6, 6.07) is 6.67. The van der Waals surface area contributed by atoms with Crippen molar-refractivity contribution in [3.05, 3.63) is 62.3 Å². The van der Waals surface area contributed by atoms with E-state index in [2.05, 4.69) is 5.32 Å². The van der Waals surface area contributed by atoms with Gasteiger partial charge in [-0.3, -0.25) is 9.69 Å². The molecule has 9 heteroatoms. The van der Waals surface area contributed by atoms with E-state index in [9.17, 15) is 9.90 Å². The zero-order valence-corrected chi connectivity index (χ0v) is 18.7. The van der Waals surface area contributed by atoms with Gasteiger partial charge in [-0.25, -0.2) is 4.39 Å². The predicted octanol–water partition coefficient (Wildman–Crippen LogP) is 4.13. The Labute approximate surface area is 194 Å². The second-order valence-corrected chi connectivity index (χ2v) is 9.88. The number of hydrogen-bond donors (Lipinski definition) is 3. The number of rotatable bonds is 4. The van der Waals surface area contributed by atoms with Crippen molar-refractivity contribution in [2.45, 2.75) is 36.4 Å². The van der Waals surface area contributed by atoms with Crippen LogP contribution >= 0.6 is 34.8 Å². The first-order valence-corrected chi connectivity index (χ1v) is 11.3. The summed E-state index contributed by atoms with van der Waals surface area (Å²) in [4.78, 5) is 15.7. The van der Waals surface area contributed by atoms with Crippen molar-refractivity contribution in [3.63, 3.8) is 0 Å². The fourth-order valence-electron chi connectivity index (χ4n) is 5.35. The molecule has 0 aromatic heterocycles. The van der Waals surface area contributed by atoms with Gasteiger partial charge in [0.25, 0.3) is 0 Å². The average Bonchev–Trinajstić information content (AvgIpc) is 3.44. The third kappa shape index (κ3) is 3.11. The predicted molar refractivity (Wildman–Crippen MR) is 119 cm³/mol. The van der Waals surface area contributed by atoms with Gasteiger partial charge in [-0.05, 0) is 48.6 Å². The van der Waals surface area contributed by atoms with Gasteiger partial charge in [0.2, 0.25) is 5.91 Å². The number of halogens is 4. The van der Waals surface area contributed by atoms with Gasteiger partial charge in [0, 0.05) is 45.8 Å². The van der Waals surface area contributed by atoms with Crippen molar-refractivity contribution in [2.24, 2.45) is 11.7 Å². The summed E-state index contributed by atoms with van der Waals surface area (Å²) in [5.41, 5.74) is 6.74. The molecule has 2 aromatic rings. The molecule has 1 saturated heterocycles. The number of likely N-dealkylation sites (tertiary alicyclic amines) is 1. The molecule has 2 fully saturated rings. The van der Waals surface area contributed by atoms with Crippen molar-refractivity contribution in [2.75, 3.05) is 18.5 Å². The van der Waals surface area contributed by atoms with Crippen LogP contribution in [-0.4, -0.2) is 41.1 Å². The minimum atomic E-state index is -1.32. The van der Waals surface area contributed by atoms with Crippen LogP contribution in [0.25, 0.3) is 0 Å². The summed E-state index contributed by atoms with van der Waals surface area (Å²) in [5.74, 6) is -1.40. The summed E-state index contributed by atoms with van der Waals surface area (Å²) in [6.45, 7) is 0.305. The number of nitrogens with two attached hydrogens (primary N) is 1. The highest BCUT2D eigenvalue weighted by Gasteiger charge is 2.66. The molecule has 164 valence electrons. The van der Waals surface area contributed by atoms with Crippen LogP contribution in [0.4, 0.5) is 10.1 Å². The van der Waals surface area contributed by atoms with E-state index >= 15 is 4.39 Å². The van der Waals surface area contributed by atoms with Gasteiger partial charge in [0.1, 0.15) is 11.4 Å². The van der Waals surface area contributed by atoms with Gasteiger partial charge in [0.15, 0.2) is 0 Å². The van der Waals surface area contributed by atoms with Crippen molar-refractivity contribution < 1.29 is 14.3 Å². The Morgan fingerprint density at radius 2 is 1.94 bits per heavy atom. The normalized spacial score (nSPS) is 30.1. The molecule has 1 amide bonds. The maximum absolute atomic E-state index is 15.4. The van der Waals surface area contributed by atoms with Crippen LogP contribution in [0.5, 0.6) is 0 Å². The number of aliphatic hydroxyl groups is 1. The molecule has 4 N–H and O–H groups in total. The zero-order valence-electron chi connectivity index (χ0n) is 16.4. The molecular formula is C22H21Cl3FN3O2. The molecule has 31 heavy (non-hydrogen) atoms. The number of amides is 1. The fraction of sp³-hybridized carbons (Fsp3) is 0.409. The first-order chi connectivity index (χ1) is 14.8. The first kappa shape index (κ1) is 21.4. The van der Waals surface area contributed by atoms with Gasteiger partial charge in [-0.1, -0.05) is 40.9 Å². The summed E-state index contributed by atoms with van der Waals surface area (Å²) < 4.78 is 15.4. The molecule has 2 heterocycles. The van der Waals surface area contributed by atoms with Gasteiger partial charge in [-0.15, -0.1) is 0 Å². The molecule has 0 bridgehead atoms. The maximum atomic E-state index is 15.4. The lowest BCUT2D eigenvalue weighted by Crippen LogP contribution is -2.53. The SMILES string of the molecule is N[C@@H]1[C@H](CO)N(CC2CC2)[C@@]2(C(=O)Nc3cc(Cl)ccc32)[C@H]1c1cc(Cl)cc(Cl)c1F. The topological polar surface area (TPSA) is 78.6 Å². The number of carbonyl (C=O) groups is 1. The van der Waals surface area contributed by atoms with E-state index in [4.69, 9.17) is 40.5 Å². The van der Waals surface area contributed by atoms with Crippen molar-refractivity contribution in [1.82, 2.24) is 4.90 Å². The highest BCUT2D eigenvalue weighted by Crippen LogP contribution is 2.58. The molecule has 3 aliphatic rings. The molecule has 0 radical (unpaired) electrons. The van der Waals surface area contributed by atoms with Crippen LogP contribution in [0.1, 0.15) is 29.9 Å². The number of carbonyl (C=O) groups excluding carboxylic acids is 1. The Balaban J connectivity index is 1.80. The maximum Gasteiger partial charge on any atom is 0.250 e. The molecule has 4 atom stereocenters. The van der Waals surface area contributed by atoms with E-state index in [1.807, 2.05) is 4.90 Å². The molecule has 1 saturated carbocycles. The number of hydrogen-bond acceptors (Lipinski definition) is 4. The summed E-state index contributed by atoms with van der Waals surface area (Å²) in [7, 11) is 0. The van der Waals surface area contributed by atoms with Gasteiger partial charge in [0.05, 0.1) is 11.6 Å². The quantitative estimate of drug-likeness (QED) is 0.570. The first-order valence-electron chi connectivity index (χ1n) is 10.2. The number of nitrogens with one attached hydrogen (secondary N) is 1. The molecular weight excluding hydrogens is 464 g/mol. The lowest BCUT2D eigenvalue weighted by molar-refractivity contribution is -0.128. The molecule has 2 aliphatic heterocycles. The largest absolute Gasteiger partial charge is 0.395 e. The summed E-state index contributed by atoms with van der Waals surface area (Å²) >= 11 is 18.5. The Kier molecular flexibility index (Phi) is 5.24. The lowest BCUT2D eigenvalue weighted by atomic mass is 9.73. The minimum Gasteiger partial charge on any atom is -0.395 e. The highest BCUT2D eigenvalue weighted by molar-refractivity contribution is 6.34. The number of anilines is 1. The minimum absolute atomic E-state index is 0.138. The molecule has 0 unspecified atom stereocenters. The number of benzene rings is 2. The van der Waals surface area contributed by atoms with E-state index in [1.165, 1.54) is 12.1 Å². The highest BCUT2D eigenvalue weighted by atomic mass is 35.5. The van der Waals surface area contributed by atoms with E-state index in [1.54, 1.807) is 18.2 Å². The molecule has 5 nitrogen and oxygen atoms in total. The van der Waals surface area contributed by atoms with E-state index in [-0.39, 0.29) is 28.1 Å². The average molecular weight is 485 g/mol. The standard InChI is InChI=1S/C22H21Cl3FN3O2/c23-11-3-4-14-16(7-11)28-21(31)22(14)18(13-5-12(24)6-15(25)19(13)26)20(27)17(9-30)29(22)8-10-1-2-10/h3-7,10,17-18,20,30H,1-2,8-9,27H2,(H,28,31)/t17-,18-,20+,22+/m0/s1. The van der Waals surface area contributed by atoms with Crippen LogP contribution in [0.3, 0.4) is 0 Å². The zero-order chi connectivity index (χ0) is 22.1. The van der Waals surface area contributed by atoms with Crippen LogP contribution in [0, 0.1) is 11.7 Å². The fourth-order valence-corrected chi connectivity index (χ4v) is 6.03. The molecule has 1 aliphatic carbocycles. The second-order valence-electron chi connectivity index (χ2n) is 8.60. The van der Waals surface area contributed by atoms with E-state index in [0.29, 0.717) is 28.7 Å². The van der Waals surface area contributed by atoms with Crippen molar-refractivity contribution in [3.8, 4) is 0 Å². The van der Waals surface area contributed by atoms with Crippen LogP contribution in [-0.2, 0) is 10.3 Å². The van der Waals surface area contributed by atoms with Crippen LogP contribution in [0.15, 0.2) is 30.3 Å². The van der Waals surface area contributed by atoms with E-state index in [0.717, 1.165) is 12.8 Å². The van der Waals surface area contributed by atoms with E-state index < -0.39 is 29.4 Å². The molecule has 5 rings (SSSR count). The van der Waals surface area contributed by atoms with Crippen molar-refractivity contribution in [1.29, 1.82) is 0 Å². The third-order valence-corrected chi connectivity index (χ3v) is 7.54. The lowest BCUT2D eigenvalue weighted by Gasteiger charge is -2.39. The number of aliphatic hydroxyl groups excluding tert-OH is 1. The summed E-state index contributed by atoms with van der Waals surface area (Å²) in [5, 5.41) is 13.8. The molecule has 2 aromatic carbocycles. The van der Waals surface area contributed by atoms with Gasteiger partial charge >= 0.3 is 0 Å². The Morgan fingerprint density at radius 3 is 2.61 bits per heavy atom. The van der Waals surface area contributed by atoms with Gasteiger partial charge < -0.3 is 16.2 Å². The third-order valence-electron chi connectivity index (χ3n) is 6.81. The molecule has 1 spiro atoms.